The largest absolute Gasteiger partial charge is 0.397 e. The Morgan fingerprint density at radius 1 is 1.10 bits per heavy atom. The number of nitrogen functional groups attached to an aromatic ring is 1. The Labute approximate surface area is 122 Å². The molecule has 3 aromatic rings. The first kappa shape index (κ1) is 12.9. The second-order valence-electron chi connectivity index (χ2n) is 5.01. The van der Waals surface area contributed by atoms with Crippen molar-refractivity contribution in [2.75, 3.05) is 17.7 Å². The summed E-state index contributed by atoms with van der Waals surface area (Å²) >= 11 is 1.67. The minimum atomic E-state index is 0.782. The van der Waals surface area contributed by atoms with Crippen LogP contribution in [0.1, 0.15) is 10.6 Å². The molecular formula is C16H17N3S. The second-order valence-corrected chi connectivity index (χ2v) is 6.24. The summed E-state index contributed by atoms with van der Waals surface area (Å²) in [6, 6.07) is 12.5. The van der Waals surface area contributed by atoms with Crippen LogP contribution in [-0.2, 0) is 0 Å². The predicted octanol–water partition coefficient (Wildman–Crippen LogP) is 4.26. The molecule has 0 aliphatic heterocycles. The van der Waals surface area contributed by atoms with Crippen molar-refractivity contribution in [3.63, 3.8) is 0 Å². The summed E-state index contributed by atoms with van der Waals surface area (Å²) in [4.78, 5) is 6.64. The van der Waals surface area contributed by atoms with E-state index < -0.39 is 0 Å². The summed E-state index contributed by atoms with van der Waals surface area (Å²) in [6.07, 6.45) is 0. The smallest absolute Gasteiger partial charge is 0.0907 e. The average molecular weight is 283 g/mol. The third kappa shape index (κ3) is 2.23. The fourth-order valence-corrected chi connectivity index (χ4v) is 3.15. The Morgan fingerprint density at radius 3 is 2.50 bits per heavy atom. The third-order valence-corrected chi connectivity index (χ3v) is 4.36. The van der Waals surface area contributed by atoms with Crippen molar-refractivity contribution in [2.24, 2.45) is 0 Å². The van der Waals surface area contributed by atoms with Crippen molar-refractivity contribution in [3.05, 3.63) is 47.0 Å². The fraction of sp³-hybridized carbons (Fsp3) is 0.188. The van der Waals surface area contributed by atoms with Crippen LogP contribution in [0.5, 0.6) is 0 Å². The Bertz CT molecular complexity index is 759. The average Bonchev–Trinajstić information content (AvgIpc) is 2.77. The number of nitrogens with zero attached hydrogens (tertiary/aromatic N) is 2. The van der Waals surface area contributed by atoms with Gasteiger partial charge in [0.05, 0.1) is 26.6 Å². The maximum Gasteiger partial charge on any atom is 0.0907 e. The molecule has 0 bridgehead atoms. The molecule has 3 rings (SSSR count). The van der Waals surface area contributed by atoms with Gasteiger partial charge in [-0.05, 0) is 38.1 Å². The molecule has 0 aliphatic carbocycles. The van der Waals surface area contributed by atoms with Crippen molar-refractivity contribution >= 4 is 38.6 Å². The van der Waals surface area contributed by atoms with E-state index >= 15 is 0 Å². The minimum Gasteiger partial charge on any atom is -0.397 e. The van der Waals surface area contributed by atoms with Crippen LogP contribution in [0.4, 0.5) is 17.1 Å². The first-order valence-electron chi connectivity index (χ1n) is 6.51. The van der Waals surface area contributed by atoms with Crippen molar-refractivity contribution in [1.29, 1.82) is 0 Å². The van der Waals surface area contributed by atoms with Gasteiger partial charge >= 0.3 is 0 Å². The normalized spacial score (nSPS) is 10.9. The van der Waals surface area contributed by atoms with E-state index in [2.05, 4.69) is 47.1 Å². The Morgan fingerprint density at radius 2 is 1.80 bits per heavy atom. The topological polar surface area (TPSA) is 42.2 Å². The zero-order valence-electron chi connectivity index (χ0n) is 11.8. The lowest BCUT2D eigenvalue weighted by Gasteiger charge is -2.21. The summed E-state index contributed by atoms with van der Waals surface area (Å²) in [5.74, 6) is 0. The predicted molar refractivity (Wildman–Crippen MR) is 88.0 cm³/mol. The quantitative estimate of drug-likeness (QED) is 0.714. The number of hydrogen-bond acceptors (Lipinski definition) is 4. The first-order valence-corrected chi connectivity index (χ1v) is 7.33. The molecule has 3 nitrogen and oxygen atoms in total. The van der Waals surface area contributed by atoms with Crippen LogP contribution >= 0.6 is 11.3 Å². The van der Waals surface area contributed by atoms with Crippen LogP contribution in [0.3, 0.4) is 0 Å². The fourth-order valence-electron chi connectivity index (χ4n) is 2.29. The highest BCUT2D eigenvalue weighted by molar-refractivity contribution is 7.18. The lowest BCUT2D eigenvalue weighted by molar-refractivity contribution is 1.21. The summed E-state index contributed by atoms with van der Waals surface area (Å²) in [7, 11) is 2.03. The standard InChI is InChI=1S/C16H17N3S/c1-10-4-6-12(7-5-10)19(3)15-9-14-16(8-13(15)17)20-11(2)18-14/h4-9H,17H2,1-3H3. The van der Waals surface area contributed by atoms with Crippen LogP contribution in [0.25, 0.3) is 10.2 Å². The molecule has 0 radical (unpaired) electrons. The summed E-state index contributed by atoms with van der Waals surface area (Å²) < 4.78 is 1.14. The first-order chi connectivity index (χ1) is 9.54. The molecule has 0 saturated carbocycles. The minimum absolute atomic E-state index is 0.782. The van der Waals surface area contributed by atoms with E-state index in [9.17, 15) is 0 Å². The van der Waals surface area contributed by atoms with Gasteiger partial charge < -0.3 is 10.6 Å². The van der Waals surface area contributed by atoms with Crippen LogP contribution in [0.15, 0.2) is 36.4 Å². The van der Waals surface area contributed by atoms with Gasteiger partial charge in [0.1, 0.15) is 0 Å². The molecule has 20 heavy (non-hydrogen) atoms. The number of thiazole rings is 1. The monoisotopic (exact) mass is 283 g/mol. The Hall–Kier alpha value is -2.07. The third-order valence-electron chi connectivity index (χ3n) is 3.43. The Kier molecular flexibility index (Phi) is 3.10. The van der Waals surface area contributed by atoms with E-state index in [1.807, 2.05) is 20.0 Å². The van der Waals surface area contributed by atoms with E-state index in [1.54, 1.807) is 11.3 Å². The molecule has 0 saturated heterocycles. The molecule has 1 heterocycles. The number of nitrogens with two attached hydrogens (primary N) is 1. The van der Waals surface area contributed by atoms with Gasteiger partial charge in [-0.15, -0.1) is 11.3 Å². The molecular weight excluding hydrogens is 266 g/mol. The number of rotatable bonds is 2. The number of anilines is 3. The maximum atomic E-state index is 6.20. The number of aromatic nitrogens is 1. The maximum absolute atomic E-state index is 6.20. The molecule has 0 fully saturated rings. The van der Waals surface area contributed by atoms with Gasteiger partial charge in [0, 0.05) is 12.7 Å². The number of fused-ring (bicyclic) bond motifs is 1. The van der Waals surface area contributed by atoms with Crippen LogP contribution in [-0.4, -0.2) is 12.0 Å². The Balaban J connectivity index is 2.08. The summed E-state index contributed by atoms with van der Waals surface area (Å²) in [6.45, 7) is 4.10. The van der Waals surface area contributed by atoms with E-state index in [-0.39, 0.29) is 0 Å². The van der Waals surface area contributed by atoms with Crippen molar-refractivity contribution in [1.82, 2.24) is 4.98 Å². The van der Waals surface area contributed by atoms with Crippen molar-refractivity contribution in [2.45, 2.75) is 13.8 Å². The number of aryl methyl sites for hydroxylation is 2. The van der Waals surface area contributed by atoms with Gasteiger partial charge in [-0.3, -0.25) is 0 Å². The number of benzene rings is 2. The van der Waals surface area contributed by atoms with Gasteiger partial charge in [-0.1, -0.05) is 17.7 Å². The SMILES string of the molecule is Cc1ccc(N(C)c2cc3nc(C)sc3cc2N)cc1. The van der Waals surface area contributed by atoms with Crippen LogP contribution in [0, 0.1) is 13.8 Å². The molecule has 0 aliphatic rings. The van der Waals surface area contributed by atoms with E-state index in [1.165, 1.54) is 5.56 Å². The van der Waals surface area contributed by atoms with Gasteiger partial charge in [0.25, 0.3) is 0 Å². The second kappa shape index (κ2) is 4.80. The molecule has 1 aromatic heterocycles. The van der Waals surface area contributed by atoms with Gasteiger partial charge in [-0.25, -0.2) is 4.98 Å². The zero-order valence-corrected chi connectivity index (χ0v) is 12.7. The van der Waals surface area contributed by atoms with Crippen molar-refractivity contribution in [3.8, 4) is 0 Å². The molecule has 0 atom stereocenters. The molecule has 2 aromatic carbocycles. The molecule has 2 N–H and O–H groups in total. The van der Waals surface area contributed by atoms with Crippen LogP contribution < -0.4 is 10.6 Å². The molecule has 102 valence electrons. The van der Waals surface area contributed by atoms with Gasteiger partial charge in [0.15, 0.2) is 0 Å². The summed E-state index contributed by atoms with van der Waals surface area (Å²) in [5, 5.41) is 1.06. The number of hydrogen-bond donors (Lipinski definition) is 1. The zero-order chi connectivity index (χ0) is 14.3. The highest BCUT2D eigenvalue weighted by Gasteiger charge is 2.11. The van der Waals surface area contributed by atoms with Gasteiger partial charge in [-0.2, -0.15) is 0 Å². The van der Waals surface area contributed by atoms with Crippen LogP contribution in [0.2, 0.25) is 0 Å². The molecule has 0 amide bonds. The summed E-state index contributed by atoms with van der Waals surface area (Å²) in [5.41, 5.74) is 11.4. The molecule has 0 unspecified atom stereocenters. The highest BCUT2D eigenvalue weighted by atomic mass is 32.1. The van der Waals surface area contributed by atoms with E-state index in [4.69, 9.17) is 5.73 Å². The van der Waals surface area contributed by atoms with E-state index in [0.717, 1.165) is 32.3 Å². The van der Waals surface area contributed by atoms with E-state index in [0.29, 0.717) is 0 Å². The van der Waals surface area contributed by atoms with Crippen molar-refractivity contribution < 1.29 is 0 Å². The lowest BCUT2D eigenvalue weighted by Crippen LogP contribution is -2.11. The lowest BCUT2D eigenvalue weighted by atomic mass is 10.2. The highest BCUT2D eigenvalue weighted by Crippen LogP contribution is 2.34. The van der Waals surface area contributed by atoms with Gasteiger partial charge in [0.2, 0.25) is 0 Å². The molecule has 0 spiro atoms. The molecule has 4 heteroatoms.